The van der Waals surface area contributed by atoms with Crippen molar-refractivity contribution in [1.29, 1.82) is 0 Å². The van der Waals surface area contributed by atoms with E-state index < -0.39 is 0 Å². The van der Waals surface area contributed by atoms with Gasteiger partial charge >= 0.3 is 0 Å². The minimum absolute atomic E-state index is 0.406. The molecular formula is C12H21N3O. The molecule has 1 aromatic heterocycles. The van der Waals surface area contributed by atoms with E-state index in [1.165, 1.54) is 12.1 Å². The third-order valence-electron chi connectivity index (χ3n) is 3.39. The molecule has 0 radical (unpaired) electrons. The molecule has 2 atom stereocenters. The molecular weight excluding hydrogens is 202 g/mol. The number of nitrogens with zero attached hydrogens (tertiary/aromatic N) is 2. The lowest BCUT2D eigenvalue weighted by Gasteiger charge is -2.15. The van der Waals surface area contributed by atoms with Crippen molar-refractivity contribution < 1.29 is 4.74 Å². The number of ether oxygens (including phenoxy) is 1. The maximum atomic E-state index is 5.54. The summed E-state index contributed by atoms with van der Waals surface area (Å²) in [6, 6.07) is 0. The Morgan fingerprint density at radius 2 is 2.50 bits per heavy atom. The molecule has 1 N–H and O–H groups in total. The summed E-state index contributed by atoms with van der Waals surface area (Å²) in [4.78, 5) is 4.16. The van der Waals surface area contributed by atoms with Gasteiger partial charge < -0.3 is 14.6 Å². The van der Waals surface area contributed by atoms with E-state index in [-0.39, 0.29) is 0 Å². The Balaban J connectivity index is 1.75. The summed E-state index contributed by atoms with van der Waals surface area (Å²) in [6.07, 6.45) is 5.41. The van der Waals surface area contributed by atoms with Crippen LogP contribution in [0.25, 0.3) is 0 Å². The Labute approximate surface area is 97.0 Å². The number of aryl methyl sites for hydroxylation is 1. The van der Waals surface area contributed by atoms with E-state index in [0.717, 1.165) is 26.2 Å². The molecule has 1 aliphatic heterocycles. The van der Waals surface area contributed by atoms with Gasteiger partial charge in [0.2, 0.25) is 0 Å². The first-order chi connectivity index (χ1) is 7.81. The SMILES string of the molecule is CCn1cncc1CNCC1CCOC1C. The second kappa shape index (κ2) is 5.46. The zero-order valence-corrected chi connectivity index (χ0v) is 10.1. The Morgan fingerprint density at radius 1 is 1.62 bits per heavy atom. The highest BCUT2D eigenvalue weighted by molar-refractivity contribution is 4.97. The summed E-state index contributed by atoms with van der Waals surface area (Å²) in [5.74, 6) is 0.665. The van der Waals surface area contributed by atoms with Crippen LogP contribution in [0.5, 0.6) is 0 Å². The smallest absolute Gasteiger partial charge is 0.0948 e. The van der Waals surface area contributed by atoms with Crippen LogP contribution in [0.2, 0.25) is 0 Å². The molecule has 0 amide bonds. The third kappa shape index (κ3) is 2.62. The lowest BCUT2D eigenvalue weighted by molar-refractivity contribution is 0.105. The Hall–Kier alpha value is -0.870. The molecule has 1 fully saturated rings. The van der Waals surface area contributed by atoms with Crippen LogP contribution >= 0.6 is 0 Å². The zero-order chi connectivity index (χ0) is 11.4. The fourth-order valence-corrected chi connectivity index (χ4v) is 2.21. The standard InChI is InChI=1S/C12H21N3O/c1-3-15-9-14-8-12(15)7-13-6-11-4-5-16-10(11)2/h8-11,13H,3-7H2,1-2H3. The molecule has 1 aromatic rings. The molecule has 90 valence electrons. The molecule has 1 aliphatic rings. The van der Waals surface area contributed by atoms with Crippen LogP contribution in [0.3, 0.4) is 0 Å². The van der Waals surface area contributed by atoms with E-state index in [1.54, 1.807) is 0 Å². The highest BCUT2D eigenvalue weighted by atomic mass is 16.5. The van der Waals surface area contributed by atoms with Crippen LogP contribution in [-0.2, 0) is 17.8 Å². The fourth-order valence-electron chi connectivity index (χ4n) is 2.21. The van der Waals surface area contributed by atoms with Gasteiger partial charge in [-0.3, -0.25) is 0 Å². The molecule has 0 spiro atoms. The second-order valence-electron chi connectivity index (χ2n) is 4.43. The van der Waals surface area contributed by atoms with Gasteiger partial charge in [-0.1, -0.05) is 0 Å². The van der Waals surface area contributed by atoms with Crippen molar-refractivity contribution in [1.82, 2.24) is 14.9 Å². The lowest BCUT2D eigenvalue weighted by atomic mass is 10.0. The highest BCUT2D eigenvalue weighted by Gasteiger charge is 2.23. The summed E-state index contributed by atoms with van der Waals surface area (Å²) >= 11 is 0. The van der Waals surface area contributed by atoms with E-state index in [1.807, 2.05) is 12.5 Å². The molecule has 0 bridgehead atoms. The van der Waals surface area contributed by atoms with Gasteiger partial charge in [-0.05, 0) is 26.2 Å². The molecule has 4 nitrogen and oxygen atoms in total. The Morgan fingerprint density at radius 3 is 3.19 bits per heavy atom. The van der Waals surface area contributed by atoms with Crippen LogP contribution in [0.4, 0.5) is 0 Å². The number of aromatic nitrogens is 2. The molecule has 4 heteroatoms. The molecule has 0 aromatic carbocycles. The summed E-state index contributed by atoms with van der Waals surface area (Å²) < 4.78 is 7.71. The van der Waals surface area contributed by atoms with Gasteiger partial charge in [0.1, 0.15) is 0 Å². The first-order valence-electron chi connectivity index (χ1n) is 6.12. The molecule has 16 heavy (non-hydrogen) atoms. The van der Waals surface area contributed by atoms with E-state index in [4.69, 9.17) is 4.74 Å². The Kier molecular flexibility index (Phi) is 3.96. The highest BCUT2D eigenvalue weighted by Crippen LogP contribution is 2.19. The molecule has 0 saturated carbocycles. The number of rotatable bonds is 5. The van der Waals surface area contributed by atoms with Crippen molar-refractivity contribution in [2.45, 2.75) is 39.5 Å². The normalized spacial score (nSPS) is 25.1. The van der Waals surface area contributed by atoms with Crippen LogP contribution in [-0.4, -0.2) is 28.8 Å². The second-order valence-corrected chi connectivity index (χ2v) is 4.43. The Bertz CT molecular complexity index is 324. The number of hydrogen-bond donors (Lipinski definition) is 1. The third-order valence-corrected chi connectivity index (χ3v) is 3.39. The van der Waals surface area contributed by atoms with Crippen molar-refractivity contribution in [2.75, 3.05) is 13.2 Å². The predicted octanol–water partition coefficient (Wildman–Crippen LogP) is 1.42. The summed E-state index contributed by atoms with van der Waals surface area (Å²) in [6.45, 7) is 8.14. The fraction of sp³-hybridized carbons (Fsp3) is 0.750. The van der Waals surface area contributed by atoms with Crippen molar-refractivity contribution in [3.63, 3.8) is 0 Å². The average molecular weight is 223 g/mol. The maximum absolute atomic E-state index is 5.54. The van der Waals surface area contributed by atoms with Crippen LogP contribution in [0.15, 0.2) is 12.5 Å². The molecule has 0 aliphatic carbocycles. The monoisotopic (exact) mass is 223 g/mol. The number of imidazole rings is 1. The summed E-state index contributed by atoms with van der Waals surface area (Å²) in [5.41, 5.74) is 1.26. The largest absolute Gasteiger partial charge is 0.378 e. The van der Waals surface area contributed by atoms with E-state index >= 15 is 0 Å². The van der Waals surface area contributed by atoms with Gasteiger partial charge in [-0.2, -0.15) is 0 Å². The summed E-state index contributed by atoms with van der Waals surface area (Å²) in [7, 11) is 0. The molecule has 2 heterocycles. The predicted molar refractivity (Wildman–Crippen MR) is 63.1 cm³/mol. The lowest BCUT2D eigenvalue weighted by Crippen LogP contribution is -2.27. The van der Waals surface area contributed by atoms with E-state index in [0.29, 0.717) is 12.0 Å². The average Bonchev–Trinajstić information content (AvgIpc) is 2.88. The van der Waals surface area contributed by atoms with Gasteiger partial charge in [0.15, 0.2) is 0 Å². The minimum Gasteiger partial charge on any atom is -0.378 e. The first kappa shape index (κ1) is 11.6. The van der Waals surface area contributed by atoms with E-state index in [2.05, 4.69) is 28.7 Å². The van der Waals surface area contributed by atoms with Crippen molar-refractivity contribution in [2.24, 2.45) is 5.92 Å². The van der Waals surface area contributed by atoms with Gasteiger partial charge in [0, 0.05) is 32.4 Å². The van der Waals surface area contributed by atoms with Crippen molar-refractivity contribution in [3.05, 3.63) is 18.2 Å². The van der Waals surface area contributed by atoms with Gasteiger partial charge in [-0.25, -0.2) is 4.98 Å². The molecule has 2 unspecified atom stereocenters. The summed E-state index contributed by atoms with van der Waals surface area (Å²) in [5, 5.41) is 3.49. The first-order valence-corrected chi connectivity index (χ1v) is 6.12. The van der Waals surface area contributed by atoms with Crippen molar-refractivity contribution in [3.8, 4) is 0 Å². The maximum Gasteiger partial charge on any atom is 0.0948 e. The number of nitrogens with one attached hydrogen (secondary N) is 1. The number of hydrogen-bond acceptors (Lipinski definition) is 3. The van der Waals surface area contributed by atoms with Gasteiger partial charge in [-0.15, -0.1) is 0 Å². The van der Waals surface area contributed by atoms with Crippen molar-refractivity contribution >= 4 is 0 Å². The quantitative estimate of drug-likeness (QED) is 0.820. The zero-order valence-electron chi connectivity index (χ0n) is 10.1. The van der Waals surface area contributed by atoms with Crippen LogP contribution < -0.4 is 5.32 Å². The minimum atomic E-state index is 0.406. The van der Waals surface area contributed by atoms with Gasteiger partial charge in [0.25, 0.3) is 0 Å². The van der Waals surface area contributed by atoms with Crippen LogP contribution in [0, 0.1) is 5.92 Å². The van der Waals surface area contributed by atoms with E-state index in [9.17, 15) is 0 Å². The van der Waals surface area contributed by atoms with Gasteiger partial charge in [0.05, 0.1) is 18.1 Å². The topological polar surface area (TPSA) is 39.1 Å². The molecule has 2 rings (SSSR count). The molecule has 1 saturated heterocycles. The van der Waals surface area contributed by atoms with Crippen LogP contribution in [0.1, 0.15) is 26.0 Å².